The van der Waals surface area contributed by atoms with E-state index in [0.29, 0.717) is 0 Å². The number of nitrogens with zero attached hydrogens (tertiary/aromatic N) is 1. The summed E-state index contributed by atoms with van der Waals surface area (Å²) >= 11 is 0. The minimum atomic E-state index is 0.968. The summed E-state index contributed by atoms with van der Waals surface area (Å²) in [7, 11) is 0. The number of rotatable bonds is 5. The first-order valence-corrected chi connectivity index (χ1v) is 8.25. The van der Waals surface area contributed by atoms with Crippen LogP contribution in [-0.4, -0.2) is 4.98 Å². The molecule has 112 valence electrons. The Hall–Kier alpha value is -2.15. The van der Waals surface area contributed by atoms with Crippen LogP contribution in [0.4, 0.5) is 0 Å². The summed E-state index contributed by atoms with van der Waals surface area (Å²) in [5.74, 6) is 0. The molecule has 3 rings (SSSR count). The van der Waals surface area contributed by atoms with Crippen molar-refractivity contribution in [3.05, 3.63) is 77.0 Å². The molecule has 0 unspecified atom stereocenters. The predicted octanol–water partition coefficient (Wildman–Crippen LogP) is 5.34. The van der Waals surface area contributed by atoms with E-state index >= 15 is 0 Å². The number of pyridine rings is 1. The lowest BCUT2D eigenvalue weighted by Crippen LogP contribution is -1.97. The van der Waals surface area contributed by atoms with Crippen LogP contribution in [-0.2, 0) is 19.3 Å². The maximum Gasteiger partial charge on any atom is 0.0707 e. The summed E-state index contributed by atoms with van der Waals surface area (Å²) in [5.41, 5.74) is 6.78. The standard InChI is InChI=1S/C21H23N/c1-3-8-18-15-21-20(14-17(18)4-2)19(11-12-22-21)13-16-9-6-5-7-10-16/h5-7,9-12,14-15H,3-4,8,13H2,1-2H3. The van der Waals surface area contributed by atoms with E-state index in [1.807, 2.05) is 6.20 Å². The zero-order valence-electron chi connectivity index (χ0n) is 13.5. The molecule has 0 amide bonds. The molecule has 0 spiro atoms. The highest BCUT2D eigenvalue weighted by Gasteiger charge is 2.08. The summed E-state index contributed by atoms with van der Waals surface area (Å²) in [6.45, 7) is 4.48. The van der Waals surface area contributed by atoms with Gasteiger partial charge in [-0.1, -0.05) is 50.6 Å². The van der Waals surface area contributed by atoms with E-state index in [1.165, 1.54) is 34.1 Å². The summed E-state index contributed by atoms with van der Waals surface area (Å²) in [6, 6.07) is 17.5. The van der Waals surface area contributed by atoms with E-state index in [-0.39, 0.29) is 0 Å². The quantitative estimate of drug-likeness (QED) is 0.617. The van der Waals surface area contributed by atoms with Crippen molar-refractivity contribution in [1.29, 1.82) is 0 Å². The molecular formula is C21H23N. The molecule has 1 nitrogen and oxygen atoms in total. The third-order valence-corrected chi connectivity index (χ3v) is 4.29. The average Bonchev–Trinajstić information content (AvgIpc) is 2.56. The molecule has 1 heteroatoms. The first-order chi connectivity index (χ1) is 10.8. The molecule has 0 radical (unpaired) electrons. The molecule has 0 fully saturated rings. The number of benzene rings is 2. The van der Waals surface area contributed by atoms with E-state index in [2.05, 4.69) is 67.4 Å². The van der Waals surface area contributed by atoms with Crippen LogP contribution in [0, 0.1) is 0 Å². The maximum absolute atomic E-state index is 4.60. The Morgan fingerprint density at radius 3 is 2.41 bits per heavy atom. The molecule has 3 aromatic rings. The number of hydrogen-bond acceptors (Lipinski definition) is 1. The van der Waals surface area contributed by atoms with Gasteiger partial charge in [-0.2, -0.15) is 0 Å². The van der Waals surface area contributed by atoms with E-state index in [4.69, 9.17) is 0 Å². The molecule has 0 bridgehead atoms. The van der Waals surface area contributed by atoms with E-state index in [9.17, 15) is 0 Å². The van der Waals surface area contributed by atoms with Gasteiger partial charge < -0.3 is 0 Å². The van der Waals surface area contributed by atoms with Crippen molar-refractivity contribution in [2.24, 2.45) is 0 Å². The van der Waals surface area contributed by atoms with Gasteiger partial charge >= 0.3 is 0 Å². The molecule has 0 aliphatic carbocycles. The monoisotopic (exact) mass is 289 g/mol. The minimum Gasteiger partial charge on any atom is -0.256 e. The maximum atomic E-state index is 4.60. The van der Waals surface area contributed by atoms with Gasteiger partial charge in [0.25, 0.3) is 0 Å². The molecule has 0 aliphatic rings. The highest BCUT2D eigenvalue weighted by atomic mass is 14.6. The van der Waals surface area contributed by atoms with Crippen LogP contribution in [0.2, 0.25) is 0 Å². The molecule has 1 aromatic heterocycles. The third kappa shape index (κ3) is 3.04. The Morgan fingerprint density at radius 2 is 1.68 bits per heavy atom. The second kappa shape index (κ2) is 6.74. The van der Waals surface area contributed by atoms with Crippen molar-refractivity contribution in [1.82, 2.24) is 4.98 Å². The summed E-state index contributed by atoms with van der Waals surface area (Å²) in [6.07, 6.45) is 6.33. The van der Waals surface area contributed by atoms with Gasteiger partial charge in [0.05, 0.1) is 5.52 Å². The van der Waals surface area contributed by atoms with Gasteiger partial charge in [-0.15, -0.1) is 0 Å². The summed E-state index contributed by atoms with van der Waals surface area (Å²) in [4.78, 5) is 4.60. The van der Waals surface area contributed by atoms with Gasteiger partial charge in [0.1, 0.15) is 0 Å². The second-order valence-electron chi connectivity index (χ2n) is 5.87. The fourth-order valence-corrected chi connectivity index (χ4v) is 3.14. The van der Waals surface area contributed by atoms with Crippen molar-refractivity contribution >= 4 is 10.9 Å². The van der Waals surface area contributed by atoms with Crippen LogP contribution in [0.15, 0.2) is 54.7 Å². The Morgan fingerprint density at radius 1 is 0.864 bits per heavy atom. The van der Waals surface area contributed by atoms with Gasteiger partial charge in [0.15, 0.2) is 0 Å². The van der Waals surface area contributed by atoms with E-state index in [1.54, 1.807) is 0 Å². The molecule has 1 heterocycles. The Bertz CT molecular complexity index is 759. The highest BCUT2D eigenvalue weighted by molar-refractivity contribution is 5.84. The van der Waals surface area contributed by atoms with E-state index in [0.717, 1.165) is 24.8 Å². The smallest absolute Gasteiger partial charge is 0.0707 e. The Labute approximate surface area is 133 Å². The molecule has 22 heavy (non-hydrogen) atoms. The molecular weight excluding hydrogens is 266 g/mol. The summed E-state index contributed by atoms with van der Waals surface area (Å²) < 4.78 is 0. The zero-order valence-corrected chi connectivity index (χ0v) is 13.5. The molecule has 0 aliphatic heterocycles. The van der Waals surface area contributed by atoms with Crippen LogP contribution in [0.3, 0.4) is 0 Å². The highest BCUT2D eigenvalue weighted by Crippen LogP contribution is 2.25. The molecule has 0 saturated heterocycles. The fraction of sp³-hybridized carbons (Fsp3) is 0.286. The summed E-state index contributed by atoms with van der Waals surface area (Å²) in [5, 5.41) is 1.31. The second-order valence-corrected chi connectivity index (χ2v) is 5.87. The van der Waals surface area contributed by atoms with Crippen molar-refractivity contribution in [3.8, 4) is 0 Å². The molecule has 0 N–H and O–H groups in total. The van der Waals surface area contributed by atoms with E-state index < -0.39 is 0 Å². The lowest BCUT2D eigenvalue weighted by Gasteiger charge is -2.12. The first kappa shape index (κ1) is 14.8. The lowest BCUT2D eigenvalue weighted by molar-refractivity contribution is 0.901. The zero-order chi connectivity index (χ0) is 15.4. The van der Waals surface area contributed by atoms with Crippen molar-refractivity contribution in [2.75, 3.05) is 0 Å². The number of fused-ring (bicyclic) bond motifs is 1. The van der Waals surface area contributed by atoms with Gasteiger partial charge in [0.2, 0.25) is 0 Å². The topological polar surface area (TPSA) is 12.9 Å². The largest absolute Gasteiger partial charge is 0.256 e. The van der Waals surface area contributed by atoms with Crippen LogP contribution in [0.1, 0.15) is 42.5 Å². The fourth-order valence-electron chi connectivity index (χ4n) is 3.14. The lowest BCUT2D eigenvalue weighted by atomic mass is 9.94. The minimum absolute atomic E-state index is 0.968. The SMILES string of the molecule is CCCc1cc2nccc(Cc3ccccc3)c2cc1CC. The van der Waals surface area contributed by atoms with Crippen LogP contribution in [0.5, 0.6) is 0 Å². The number of aromatic nitrogens is 1. The van der Waals surface area contributed by atoms with Crippen molar-refractivity contribution < 1.29 is 0 Å². The predicted molar refractivity (Wildman–Crippen MR) is 94.4 cm³/mol. The van der Waals surface area contributed by atoms with Crippen molar-refractivity contribution in [2.45, 2.75) is 39.5 Å². The number of aryl methyl sites for hydroxylation is 2. The van der Waals surface area contributed by atoms with Gasteiger partial charge in [-0.3, -0.25) is 4.98 Å². The Balaban J connectivity index is 2.07. The normalized spacial score (nSPS) is 11.0. The molecule has 0 atom stereocenters. The van der Waals surface area contributed by atoms with Crippen molar-refractivity contribution in [3.63, 3.8) is 0 Å². The average molecular weight is 289 g/mol. The van der Waals surface area contributed by atoms with Crippen LogP contribution >= 0.6 is 0 Å². The first-order valence-electron chi connectivity index (χ1n) is 8.25. The molecule has 0 saturated carbocycles. The third-order valence-electron chi connectivity index (χ3n) is 4.29. The number of hydrogen-bond donors (Lipinski definition) is 0. The molecule has 2 aromatic carbocycles. The Kier molecular flexibility index (Phi) is 4.53. The van der Waals surface area contributed by atoms with Crippen LogP contribution < -0.4 is 0 Å². The van der Waals surface area contributed by atoms with Gasteiger partial charge in [0, 0.05) is 11.6 Å². The van der Waals surface area contributed by atoms with Crippen LogP contribution in [0.25, 0.3) is 10.9 Å². The van der Waals surface area contributed by atoms with Gasteiger partial charge in [-0.25, -0.2) is 0 Å². The van der Waals surface area contributed by atoms with Gasteiger partial charge in [-0.05, 0) is 59.7 Å².